The third kappa shape index (κ3) is 7.07. The summed E-state index contributed by atoms with van der Waals surface area (Å²) in [5.74, 6) is -0.0620. The van der Waals surface area contributed by atoms with Crippen LogP contribution >= 0.6 is 11.6 Å². The first-order valence-electron chi connectivity index (χ1n) is 10.8. The number of nitrogens with one attached hydrogen (secondary N) is 1. The van der Waals surface area contributed by atoms with Gasteiger partial charge in [-0.25, -0.2) is 16.8 Å². The highest BCUT2D eigenvalue weighted by molar-refractivity contribution is 7.92. The number of rotatable bonds is 10. The van der Waals surface area contributed by atoms with E-state index in [1.165, 1.54) is 35.5 Å². The van der Waals surface area contributed by atoms with Crippen LogP contribution < -0.4 is 14.4 Å². The van der Waals surface area contributed by atoms with Gasteiger partial charge in [-0.2, -0.15) is 4.31 Å². The minimum absolute atomic E-state index is 0.105. The number of nitrogens with zero attached hydrogens (tertiary/aromatic N) is 2. The number of halogens is 1. The van der Waals surface area contributed by atoms with Crippen LogP contribution in [0.25, 0.3) is 0 Å². The van der Waals surface area contributed by atoms with E-state index in [0.29, 0.717) is 42.8 Å². The molecular weight excluding hydrogens is 518 g/mol. The average molecular weight is 546 g/mol. The van der Waals surface area contributed by atoms with E-state index in [-0.39, 0.29) is 18.0 Å². The zero-order chi connectivity index (χ0) is 25.6. The molecule has 0 bridgehead atoms. The minimum Gasteiger partial charge on any atom is -0.492 e. The Morgan fingerprint density at radius 3 is 2.26 bits per heavy atom. The Morgan fingerprint density at radius 1 is 1.09 bits per heavy atom. The molecule has 1 atom stereocenters. The van der Waals surface area contributed by atoms with Crippen molar-refractivity contribution >= 4 is 43.2 Å². The molecule has 192 valence electrons. The van der Waals surface area contributed by atoms with E-state index in [4.69, 9.17) is 21.1 Å². The average Bonchev–Trinajstić information content (AvgIpc) is 2.83. The lowest BCUT2D eigenvalue weighted by atomic mass is 10.2. The molecule has 1 N–H and O–H groups in total. The molecule has 0 aliphatic carbocycles. The number of ether oxygens (including phenoxy) is 2. The first-order chi connectivity index (χ1) is 16.5. The number of morpholine rings is 1. The van der Waals surface area contributed by atoms with E-state index in [1.807, 2.05) is 0 Å². The van der Waals surface area contributed by atoms with E-state index in [1.54, 1.807) is 24.3 Å². The third-order valence-corrected chi connectivity index (χ3v) is 8.68. The van der Waals surface area contributed by atoms with E-state index in [2.05, 4.69) is 5.32 Å². The van der Waals surface area contributed by atoms with Gasteiger partial charge in [-0.05, 0) is 55.5 Å². The topological polar surface area (TPSA) is 122 Å². The molecule has 2 aromatic rings. The highest BCUT2D eigenvalue weighted by atomic mass is 35.5. The maximum Gasteiger partial charge on any atom is 0.243 e. The second-order valence-corrected chi connectivity index (χ2v) is 12.1. The third-order valence-electron chi connectivity index (χ3n) is 5.27. The molecule has 10 nitrogen and oxygen atoms in total. The number of benzene rings is 2. The summed E-state index contributed by atoms with van der Waals surface area (Å²) in [4.78, 5) is 12.8. The van der Waals surface area contributed by atoms with Gasteiger partial charge in [-0.3, -0.25) is 9.10 Å². The fourth-order valence-corrected chi connectivity index (χ4v) is 6.24. The Morgan fingerprint density at radius 2 is 1.69 bits per heavy atom. The molecule has 0 spiro atoms. The van der Waals surface area contributed by atoms with Crippen LogP contribution in [-0.2, 0) is 29.6 Å². The van der Waals surface area contributed by atoms with Gasteiger partial charge in [-0.15, -0.1) is 0 Å². The first-order valence-corrected chi connectivity index (χ1v) is 14.5. The lowest BCUT2D eigenvalue weighted by molar-refractivity contribution is -0.121. The molecule has 13 heteroatoms. The van der Waals surface area contributed by atoms with E-state index < -0.39 is 32.0 Å². The molecule has 1 unspecified atom stereocenters. The molecule has 0 radical (unpaired) electrons. The maximum atomic E-state index is 12.7. The van der Waals surface area contributed by atoms with Crippen LogP contribution in [0, 0.1) is 0 Å². The number of carbonyl (C=O) groups is 1. The summed E-state index contributed by atoms with van der Waals surface area (Å²) >= 11 is 5.88. The van der Waals surface area contributed by atoms with Crippen molar-refractivity contribution in [1.29, 1.82) is 0 Å². The lowest BCUT2D eigenvalue weighted by Crippen LogP contribution is -2.48. The number of sulfonamides is 2. The molecule has 1 fully saturated rings. The van der Waals surface area contributed by atoms with Gasteiger partial charge in [0, 0.05) is 18.1 Å². The van der Waals surface area contributed by atoms with Gasteiger partial charge in [0.25, 0.3) is 0 Å². The van der Waals surface area contributed by atoms with E-state index in [9.17, 15) is 21.6 Å². The molecule has 1 heterocycles. The Hall–Kier alpha value is -2.38. The number of anilines is 1. The van der Waals surface area contributed by atoms with Crippen molar-refractivity contribution in [1.82, 2.24) is 9.62 Å². The van der Waals surface area contributed by atoms with Gasteiger partial charge >= 0.3 is 0 Å². The molecule has 2 aromatic carbocycles. The molecule has 1 amide bonds. The highest BCUT2D eigenvalue weighted by Crippen LogP contribution is 2.23. The number of hydrogen-bond donors (Lipinski definition) is 1. The second kappa shape index (κ2) is 11.6. The molecular formula is C22H28ClN3O7S2. The Bertz CT molecular complexity index is 1210. The SMILES string of the molecule is CC(C(=O)NCCOc1ccc(S(=O)(=O)N2CCOCC2)cc1)N(c1ccc(Cl)cc1)S(C)(=O)=O. The number of hydrogen-bond acceptors (Lipinski definition) is 7. The van der Waals surface area contributed by atoms with Gasteiger partial charge in [0.1, 0.15) is 18.4 Å². The lowest BCUT2D eigenvalue weighted by Gasteiger charge is -2.28. The van der Waals surface area contributed by atoms with Gasteiger partial charge in [0.05, 0.1) is 36.6 Å². The number of amides is 1. The summed E-state index contributed by atoms with van der Waals surface area (Å²) in [7, 11) is -7.33. The summed E-state index contributed by atoms with van der Waals surface area (Å²) in [6.07, 6.45) is 1.03. The van der Waals surface area contributed by atoms with E-state index >= 15 is 0 Å². The van der Waals surface area contributed by atoms with Gasteiger partial charge in [0.15, 0.2) is 0 Å². The molecule has 0 aromatic heterocycles. The van der Waals surface area contributed by atoms with Crippen LogP contribution in [0.1, 0.15) is 6.92 Å². The molecule has 0 saturated carbocycles. The summed E-state index contributed by atoms with van der Waals surface area (Å²) < 4.78 is 63.2. The summed E-state index contributed by atoms with van der Waals surface area (Å²) in [5, 5.41) is 3.10. The monoisotopic (exact) mass is 545 g/mol. The molecule has 1 aliphatic heterocycles. The van der Waals surface area contributed by atoms with Crippen LogP contribution in [0.4, 0.5) is 5.69 Å². The highest BCUT2D eigenvalue weighted by Gasteiger charge is 2.29. The van der Waals surface area contributed by atoms with Crippen molar-refractivity contribution in [2.45, 2.75) is 17.9 Å². The summed E-state index contributed by atoms with van der Waals surface area (Å²) in [5.41, 5.74) is 0.322. The van der Waals surface area contributed by atoms with Gasteiger partial charge in [-0.1, -0.05) is 11.6 Å². The molecule has 35 heavy (non-hydrogen) atoms. The maximum absolute atomic E-state index is 12.7. The zero-order valence-corrected chi connectivity index (χ0v) is 21.8. The largest absolute Gasteiger partial charge is 0.492 e. The van der Waals surface area contributed by atoms with Crippen molar-refractivity contribution in [3.05, 3.63) is 53.6 Å². The fourth-order valence-electron chi connectivity index (χ4n) is 3.53. The normalized spacial score (nSPS) is 15.9. The van der Waals surface area contributed by atoms with Crippen LogP contribution in [0.3, 0.4) is 0 Å². The van der Waals surface area contributed by atoms with Crippen LogP contribution in [0.2, 0.25) is 5.02 Å². The summed E-state index contributed by atoms with van der Waals surface area (Å²) in [6, 6.07) is 11.2. The predicted octanol–water partition coefficient (Wildman–Crippen LogP) is 1.71. The quantitative estimate of drug-likeness (QED) is 0.451. The molecule has 1 saturated heterocycles. The minimum atomic E-state index is -3.73. The van der Waals surface area contributed by atoms with Crippen molar-refractivity contribution in [3.8, 4) is 5.75 Å². The Kier molecular flexibility index (Phi) is 9.00. The van der Waals surface area contributed by atoms with Crippen LogP contribution in [0.5, 0.6) is 5.75 Å². The Labute approximate surface area is 210 Å². The molecule has 3 rings (SSSR count). The van der Waals surface area contributed by atoms with Gasteiger partial charge in [0.2, 0.25) is 26.0 Å². The number of carbonyl (C=O) groups excluding carboxylic acids is 1. The fraction of sp³-hybridized carbons (Fsp3) is 0.409. The van der Waals surface area contributed by atoms with Crippen molar-refractivity contribution in [2.75, 3.05) is 50.0 Å². The zero-order valence-electron chi connectivity index (χ0n) is 19.4. The van der Waals surface area contributed by atoms with E-state index in [0.717, 1.165) is 10.6 Å². The van der Waals surface area contributed by atoms with Gasteiger partial charge < -0.3 is 14.8 Å². The van der Waals surface area contributed by atoms with Crippen molar-refractivity contribution in [2.24, 2.45) is 0 Å². The Balaban J connectivity index is 1.53. The summed E-state index contributed by atoms with van der Waals surface area (Å²) in [6.45, 7) is 3.07. The van der Waals surface area contributed by atoms with Crippen molar-refractivity contribution < 1.29 is 31.1 Å². The predicted molar refractivity (Wildman–Crippen MR) is 133 cm³/mol. The molecule has 1 aliphatic rings. The smallest absolute Gasteiger partial charge is 0.243 e. The van der Waals surface area contributed by atoms with Crippen LogP contribution in [-0.4, -0.2) is 78.8 Å². The second-order valence-electron chi connectivity index (χ2n) is 7.84. The van der Waals surface area contributed by atoms with Crippen molar-refractivity contribution in [3.63, 3.8) is 0 Å². The van der Waals surface area contributed by atoms with Crippen LogP contribution in [0.15, 0.2) is 53.4 Å². The first kappa shape index (κ1) is 27.2. The standard InChI is InChI=1S/C22H28ClN3O7S2/c1-17(26(34(2,28)29)19-5-3-18(23)4-6-19)22(27)24-11-14-33-20-7-9-21(10-8-20)35(30,31)25-12-15-32-16-13-25/h3-10,17H,11-16H2,1-2H3,(H,24,27).